The Morgan fingerprint density at radius 2 is 1.61 bits per heavy atom. The number of aromatic nitrogens is 1. The molecule has 1 N–H and O–H groups in total. The number of rotatable bonds is 9. The maximum Gasteiger partial charge on any atom is 0.338 e. The van der Waals surface area contributed by atoms with Crippen LogP contribution in [0, 0.1) is 6.92 Å². The number of thiazole rings is 1. The van der Waals surface area contributed by atoms with E-state index in [2.05, 4.69) is 10.3 Å². The fourth-order valence-electron chi connectivity index (χ4n) is 2.93. The molecule has 9 heteroatoms. The largest absolute Gasteiger partial charge is 0.487 e. The summed E-state index contributed by atoms with van der Waals surface area (Å²) in [6.07, 6.45) is 0. The monoisotopic (exact) mass is 468 g/mol. The topological polar surface area (TPSA) is 104 Å². The second kappa shape index (κ2) is 11.2. The maximum atomic E-state index is 12.8. The summed E-state index contributed by atoms with van der Waals surface area (Å²) < 4.78 is 15.8. The zero-order valence-corrected chi connectivity index (χ0v) is 19.4. The lowest BCUT2D eigenvalue weighted by atomic mass is 10.1. The minimum absolute atomic E-state index is 0.133. The molecular formula is C24H24N2O6S. The fourth-order valence-corrected chi connectivity index (χ4v) is 3.52. The molecule has 33 heavy (non-hydrogen) atoms. The highest BCUT2D eigenvalue weighted by Crippen LogP contribution is 2.20. The number of ether oxygens (including phenoxy) is 3. The molecule has 0 unspecified atom stereocenters. The van der Waals surface area contributed by atoms with Gasteiger partial charge in [-0.25, -0.2) is 14.6 Å². The van der Waals surface area contributed by atoms with Gasteiger partial charge in [0.05, 0.1) is 35.0 Å². The molecule has 1 amide bonds. The van der Waals surface area contributed by atoms with Crippen molar-refractivity contribution in [3.63, 3.8) is 0 Å². The van der Waals surface area contributed by atoms with Crippen LogP contribution in [0.25, 0.3) is 0 Å². The molecule has 0 fully saturated rings. The first-order chi connectivity index (χ1) is 15.9. The van der Waals surface area contributed by atoms with Crippen LogP contribution in [0.2, 0.25) is 0 Å². The van der Waals surface area contributed by atoms with Crippen LogP contribution in [0.3, 0.4) is 0 Å². The number of esters is 2. The van der Waals surface area contributed by atoms with Crippen molar-refractivity contribution >= 4 is 34.9 Å². The third-order valence-corrected chi connectivity index (χ3v) is 5.18. The van der Waals surface area contributed by atoms with Crippen LogP contribution in [0.5, 0.6) is 5.75 Å². The van der Waals surface area contributed by atoms with Crippen molar-refractivity contribution < 1.29 is 28.6 Å². The number of anilines is 1. The Labute approximate surface area is 195 Å². The Balaban J connectivity index is 1.78. The number of nitrogens with one attached hydrogen (secondary N) is 1. The fraction of sp³-hybridized carbons (Fsp3) is 0.250. The van der Waals surface area contributed by atoms with E-state index in [0.29, 0.717) is 17.9 Å². The summed E-state index contributed by atoms with van der Waals surface area (Å²) in [6.45, 7) is 5.93. The van der Waals surface area contributed by atoms with Crippen LogP contribution in [-0.4, -0.2) is 36.0 Å². The Kier molecular flexibility index (Phi) is 8.15. The SMILES string of the molecule is CCOC(=O)c1cc(NC(=O)c2cccc(OCc3csc(C)n3)c2)cc(C(=O)OCC)c1. The minimum Gasteiger partial charge on any atom is -0.487 e. The van der Waals surface area contributed by atoms with Crippen molar-refractivity contribution in [2.45, 2.75) is 27.4 Å². The quantitative estimate of drug-likeness (QED) is 0.456. The van der Waals surface area contributed by atoms with Gasteiger partial charge in [0.25, 0.3) is 5.91 Å². The van der Waals surface area contributed by atoms with E-state index < -0.39 is 17.8 Å². The molecule has 0 atom stereocenters. The highest BCUT2D eigenvalue weighted by Gasteiger charge is 2.16. The normalized spacial score (nSPS) is 10.4. The number of nitrogens with zero attached hydrogens (tertiary/aromatic N) is 1. The van der Waals surface area contributed by atoms with Crippen LogP contribution in [0.1, 0.15) is 55.6 Å². The first kappa shape index (κ1) is 23.9. The lowest BCUT2D eigenvalue weighted by Crippen LogP contribution is -2.15. The van der Waals surface area contributed by atoms with E-state index in [-0.39, 0.29) is 30.0 Å². The van der Waals surface area contributed by atoms with Crippen molar-refractivity contribution in [1.29, 1.82) is 0 Å². The van der Waals surface area contributed by atoms with Gasteiger partial charge in [-0.2, -0.15) is 0 Å². The van der Waals surface area contributed by atoms with Crippen molar-refractivity contribution in [2.75, 3.05) is 18.5 Å². The molecule has 3 aromatic rings. The van der Waals surface area contributed by atoms with E-state index in [9.17, 15) is 14.4 Å². The molecule has 0 bridgehead atoms. The average molecular weight is 469 g/mol. The molecule has 0 aliphatic carbocycles. The average Bonchev–Trinajstić information content (AvgIpc) is 3.23. The van der Waals surface area contributed by atoms with Gasteiger partial charge < -0.3 is 19.5 Å². The molecule has 0 spiro atoms. The summed E-state index contributed by atoms with van der Waals surface area (Å²) in [5, 5.41) is 5.59. The second-order valence-corrected chi connectivity index (χ2v) is 7.93. The molecule has 0 aliphatic rings. The number of amides is 1. The Bertz CT molecular complexity index is 1120. The molecule has 0 aliphatic heterocycles. The van der Waals surface area contributed by atoms with Gasteiger partial charge in [0.15, 0.2) is 0 Å². The first-order valence-electron chi connectivity index (χ1n) is 10.3. The van der Waals surface area contributed by atoms with Crippen LogP contribution in [-0.2, 0) is 16.1 Å². The van der Waals surface area contributed by atoms with Crippen LogP contribution >= 0.6 is 11.3 Å². The van der Waals surface area contributed by atoms with Gasteiger partial charge in [-0.3, -0.25) is 4.79 Å². The number of hydrogen-bond donors (Lipinski definition) is 1. The number of aryl methyl sites for hydroxylation is 1. The third-order valence-electron chi connectivity index (χ3n) is 4.36. The molecular weight excluding hydrogens is 444 g/mol. The van der Waals surface area contributed by atoms with Gasteiger partial charge in [0, 0.05) is 16.6 Å². The highest BCUT2D eigenvalue weighted by molar-refractivity contribution is 7.09. The predicted molar refractivity (Wildman–Crippen MR) is 124 cm³/mol. The smallest absolute Gasteiger partial charge is 0.338 e. The van der Waals surface area contributed by atoms with E-state index >= 15 is 0 Å². The van der Waals surface area contributed by atoms with Crippen LogP contribution < -0.4 is 10.1 Å². The van der Waals surface area contributed by atoms with Gasteiger partial charge >= 0.3 is 11.9 Å². The molecule has 2 aromatic carbocycles. The van der Waals surface area contributed by atoms with E-state index in [1.807, 2.05) is 12.3 Å². The van der Waals surface area contributed by atoms with Crippen molar-refractivity contribution in [1.82, 2.24) is 4.98 Å². The Morgan fingerprint density at radius 3 is 2.18 bits per heavy atom. The van der Waals surface area contributed by atoms with Crippen LogP contribution in [0.15, 0.2) is 47.8 Å². The molecule has 1 heterocycles. The number of benzene rings is 2. The molecule has 1 aromatic heterocycles. The third kappa shape index (κ3) is 6.63. The molecule has 0 saturated heterocycles. The van der Waals surface area contributed by atoms with E-state index in [4.69, 9.17) is 14.2 Å². The zero-order chi connectivity index (χ0) is 23.8. The van der Waals surface area contributed by atoms with E-state index in [1.54, 1.807) is 38.1 Å². The number of hydrogen-bond acceptors (Lipinski definition) is 8. The zero-order valence-electron chi connectivity index (χ0n) is 18.5. The van der Waals surface area contributed by atoms with Gasteiger partial charge in [-0.15, -0.1) is 11.3 Å². The van der Waals surface area contributed by atoms with E-state index in [1.165, 1.54) is 29.5 Å². The predicted octanol–water partition coefficient (Wildman–Crippen LogP) is 4.64. The van der Waals surface area contributed by atoms with Crippen LogP contribution in [0.4, 0.5) is 5.69 Å². The van der Waals surface area contributed by atoms with Gasteiger partial charge in [0.2, 0.25) is 0 Å². The number of carbonyl (C=O) groups excluding carboxylic acids is 3. The lowest BCUT2D eigenvalue weighted by molar-refractivity contribution is 0.0525. The van der Waals surface area contributed by atoms with Crippen molar-refractivity contribution in [3.8, 4) is 5.75 Å². The van der Waals surface area contributed by atoms with Crippen molar-refractivity contribution in [3.05, 3.63) is 75.2 Å². The molecule has 0 radical (unpaired) electrons. The summed E-state index contributed by atoms with van der Waals surface area (Å²) in [5.41, 5.74) is 1.69. The summed E-state index contributed by atoms with van der Waals surface area (Å²) >= 11 is 1.54. The standard InChI is InChI=1S/C24H24N2O6S/c1-4-30-23(28)17-9-18(24(29)31-5-2)11-19(10-17)26-22(27)16-7-6-8-21(12-16)32-13-20-14-33-15(3)25-20/h6-12,14H,4-5,13H2,1-3H3,(H,26,27). The summed E-state index contributed by atoms with van der Waals surface area (Å²) in [6, 6.07) is 11.0. The van der Waals surface area contributed by atoms with Gasteiger partial charge in [-0.05, 0) is 57.2 Å². The maximum absolute atomic E-state index is 12.8. The Hall–Kier alpha value is -3.72. The second-order valence-electron chi connectivity index (χ2n) is 6.87. The summed E-state index contributed by atoms with van der Waals surface area (Å²) in [4.78, 5) is 41.6. The Morgan fingerprint density at radius 1 is 0.939 bits per heavy atom. The van der Waals surface area contributed by atoms with E-state index in [0.717, 1.165) is 10.7 Å². The minimum atomic E-state index is -0.605. The lowest BCUT2D eigenvalue weighted by Gasteiger charge is -2.11. The summed E-state index contributed by atoms with van der Waals surface area (Å²) in [7, 11) is 0. The van der Waals surface area contributed by atoms with Gasteiger partial charge in [-0.1, -0.05) is 6.07 Å². The molecule has 0 saturated carbocycles. The molecule has 8 nitrogen and oxygen atoms in total. The summed E-state index contributed by atoms with van der Waals surface area (Å²) in [5.74, 6) is -1.12. The molecule has 172 valence electrons. The first-order valence-corrected chi connectivity index (χ1v) is 11.2. The highest BCUT2D eigenvalue weighted by atomic mass is 32.1. The molecule has 3 rings (SSSR count). The number of carbonyl (C=O) groups is 3. The van der Waals surface area contributed by atoms with Gasteiger partial charge in [0.1, 0.15) is 12.4 Å². The van der Waals surface area contributed by atoms with Crippen molar-refractivity contribution in [2.24, 2.45) is 0 Å².